The molecular formula is C33H48N6O3. The number of carbonyl (C=O) groups excluding carboxylic acids is 2. The molecule has 1 aliphatic rings. The number of aromatic nitrogens is 3. The van der Waals surface area contributed by atoms with Gasteiger partial charge in [-0.2, -0.15) is 0 Å². The number of hydrogen-bond donors (Lipinski definition) is 1. The van der Waals surface area contributed by atoms with E-state index in [-0.39, 0.29) is 11.9 Å². The summed E-state index contributed by atoms with van der Waals surface area (Å²) in [6, 6.07) is 10.9. The molecule has 228 valence electrons. The first-order valence-corrected chi connectivity index (χ1v) is 15.6. The van der Waals surface area contributed by atoms with Crippen LogP contribution in [0.15, 0.2) is 36.4 Å². The first-order valence-electron chi connectivity index (χ1n) is 15.6. The summed E-state index contributed by atoms with van der Waals surface area (Å²) in [7, 11) is 1.38. The minimum absolute atomic E-state index is 0.0211. The second-order valence-corrected chi connectivity index (χ2v) is 12.2. The van der Waals surface area contributed by atoms with E-state index in [9.17, 15) is 9.59 Å². The smallest absolute Gasteiger partial charge is 0.337 e. The number of methoxy groups -OCH3 is 1. The Morgan fingerprint density at radius 3 is 2.19 bits per heavy atom. The van der Waals surface area contributed by atoms with Gasteiger partial charge in [-0.15, -0.1) is 0 Å². The lowest BCUT2D eigenvalue weighted by atomic mass is 10.1. The molecule has 42 heavy (non-hydrogen) atoms. The molecule has 1 aromatic carbocycles. The lowest BCUT2D eigenvalue weighted by Gasteiger charge is -2.26. The zero-order valence-corrected chi connectivity index (χ0v) is 26.1. The van der Waals surface area contributed by atoms with Crippen LogP contribution < -0.4 is 5.32 Å². The van der Waals surface area contributed by atoms with Crippen LogP contribution in [0.25, 0.3) is 11.2 Å². The van der Waals surface area contributed by atoms with E-state index in [0.29, 0.717) is 34.7 Å². The number of benzene rings is 1. The molecule has 3 aromatic rings. The summed E-state index contributed by atoms with van der Waals surface area (Å²) in [6.45, 7) is 14.3. The van der Waals surface area contributed by atoms with Gasteiger partial charge >= 0.3 is 5.97 Å². The Hall–Kier alpha value is -3.46. The summed E-state index contributed by atoms with van der Waals surface area (Å²) in [6.07, 6.45) is 6.72. The minimum Gasteiger partial charge on any atom is -0.465 e. The maximum absolute atomic E-state index is 13.7. The summed E-state index contributed by atoms with van der Waals surface area (Å²) in [5.74, 6) is 1.32. The van der Waals surface area contributed by atoms with Crippen LogP contribution in [0.5, 0.6) is 0 Å². The fraction of sp³-hybridized carbons (Fsp3) is 0.576. The molecule has 9 heteroatoms. The Morgan fingerprint density at radius 2 is 1.57 bits per heavy atom. The lowest BCUT2D eigenvalue weighted by Crippen LogP contribution is -2.34. The normalized spacial score (nSPS) is 14.1. The quantitative estimate of drug-likeness (QED) is 0.223. The van der Waals surface area contributed by atoms with E-state index in [1.165, 1.54) is 26.4 Å². The molecule has 3 heterocycles. The molecule has 0 atom stereocenters. The van der Waals surface area contributed by atoms with E-state index in [1.54, 1.807) is 12.1 Å². The number of likely N-dealkylation sites (tertiary alicyclic amines) is 1. The molecule has 4 rings (SSSR count). The molecule has 0 unspecified atom stereocenters. The van der Waals surface area contributed by atoms with Crippen molar-refractivity contribution < 1.29 is 14.3 Å². The second-order valence-electron chi connectivity index (χ2n) is 12.2. The van der Waals surface area contributed by atoms with E-state index in [0.717, 1.165) is 69.7 Å². The molecular weight excluding hydrogens is 528 g/mol. The zero-order chi connectivity index (χ0) is 30.1. The van der Waals surface area contributed by atoms with Gasteiger partial charge in [-0.25, -0.2) is 14.8 Å². The van der Waals surface area contributed by atoms with Crippen molar-refractivity contribution in [3.8, 4) is 0 Å². The van der Waals surface area contributed by atoms with Crippen molar-refractivity contribution in [1.82, 2.24) is 24.3 Å². The van der Waals surface area contributed by atoms with E-state index < -0.39 is 0 Å². The van der Waals surface area contributed by atoms with Gasteiger partial charge in [0.15, 0.2) is 5.65 Å². The van der Waals surface area contributed by atoms with Crippen molar-refractivity contribution in [2.45, 2.75) is 72.8 Å². The van der Waals surface area contributed by atoms with Gasteiger partial charge in [-0.3, -0.25) is 9.36 Å². The van der Waals surface area contributed by atoms with Crippen LogP contribution >= 0.6 is 0 Å². The number of aryl methyl sites for hydroxylation is 1. The fourth-order valence-electron chi connectivity index (χ4n) is 5.31. The minimum atomic E-state index is -0.372. The predicted octanol–water partition coefficient (Wildman–Crippen LogP) is 6.37. The Balaban J connectivity index is 1.61. The SMILES string of the molecule is COC(=O)c1ccc(Nc2nc3ccc(C(=O)N(CCC(C)C)CCC(C)C)nc3n2CCCN2CCCCC2)cc1. The van der Waals surface area contributed by atoms with Gasteiger partial charge in [0.1, 0.15) is 11.2 Å². The molecule has 0 saturated carbocycles. The van der Waals surface area contributed by atoms with Gasteiger partial charge in [0, 0.05) is 25.3 Å². The van der Waals surface area contributed by atoms with Gasteiger partial charge in [0.25, 0.3) is 5.91 Å². The van der Waals surface area contributed by atoms with Crippen LogP contribution in [-0.4, -0.2) is 76.0 Å². The number of carbonyl (C=O) groups is 2. The highest BCUT2D eigenvalue weighted by atomic mass is 16.5. The summed E-state index contributed by atoms with van der Waals surface area (Å²) in [5.41, 5.74) is 3.21. The largest absolute Gasteiger partial charge is 0.465 e. The summed E-state index contributed by atoms with van der Waals surface area (Å²) < 4.78 is 6.92. The second kappa shape index (κ2) is 15.1. The molecule has 0 spiro atoms. The highest BCUT2D eigenvalue weighted by Gasteiger charge is 2.21. The third-order valence-electron chi connectivity index (χ3n) is 7.92. The molecule has 1 aliphatic heterocycles. The van der Waals surface area contributed by atoms with Crippen LogP contribution in [0.3, 0.4) is 0 Å². The molecule has 2 aromatic heterocycles. The van der Waals surface area contributed by atoms with Gasteiger partial charge in [-0.1, -0.05) is 34.1 Å². The van der Waals surface area contributed by atoms with Crippen LogP contribution in [0.4, 0.5) is 11.6 Å². The number of piperidine rings is 1. The molecule has 1 fully saturated rings. The van der Waals surface area contributed by atoms with Crippen molar-refractivity contribution in [2.75, 3.05) is 45.2 Å². The third kappa shape index (κ3) is 8.53. The average molecular weight is 577 g/mol. The number of ether oxygens (including phenoxy) is 1. The number of hydrogen-bond acceptors (Lipinski definition) is 7. The molecule has 0 radical (unpaired) electrons. The highest BCUT2D eigenvalue weighted by molar-refractivity contribution is 5.94. The van der Waals surface area contributed by atoms with Gasteiger partial charge in [0.2, 0.25) is 5.95 Å². The van der Waals surface area contributed by atoms with Crippen LogP contribution in [0.2, 0.25) is 0 Å². The number of nitrogens with zero attached hydrogens (tertiary/aromatic N) is 5. The Bertz CT molecular complexity index is 1300. The first kappa shape index (κ1) is 31.5. The Morgan fingerprint density at radius 1 is 0.905 bits per heavy atom. The summed E-state index contributed by atoms with van der Waals surface area (Å²) in [4.78, 5) is 39.9. The number of amides is 1. The van der Waals surface area contributed by atoms with E-state index >= 15 is 0 Å². The van der Waals surface area contributed by atoms with Crippen molar-refractivity contribution in [1.29, 1.82) is 0 Å². The summed E-state index contributed by atoms with van der Waals surface area (Å²) >= 11 is 0. The average Bonchev–Trinajstić information content (AvgIpc) is 3.33. The van der Waals surface area contributed by atoms with Gasteiger partial charge in [-0.05, 0) is 100.0 Å². The molecule has 1 N–H and O–H groups in total. The number of rotatable bonds is 14. The number of imidazole rings is 1. The van der Waals surface area contributed by atoms with Gasteiger partial charge in [0.05, 0.1) is 12.7 Å². The summed E-state index contributed by atoms with van der Waals surface area (Å²) in [5, 5.41) is 3.42. The van der Waals surface area contributed by atoms with E-state index in [1.807, 2.05) is 29.2 Å². The number of nitrogens with one attached hydrogen (secondary N) is 1. The molecule has 0 aliphatic carbocycles. The number of fused-ring (bicyclic) bond motifs is 1. The Labute approximate surface area is 250 Å². The zero-order valence-electron chi connectivity index (χ0n) is 26.1. The molecule has 1 saturated heterocycles. The van der Waals surface area contributed by atoms with E-state index in [4.69, 9.17) is 14.7 Å². The predicted molar refractivity (Wildman–Crippen MR) is 168 cm³/mol. The standard InChI is InChI=1S/C33H48N6O3/c1-24(2)16-22-38(23-17-25(3)4)31(40)29-15-14-28-30(35-29)39(21-9-20-37-18-7-6-8-19-37)33(36-28)34-27-12-10-26(11-13-27)32(41)42-5/h10-15,24-25H,6-9,16-23H2,1-5H3,(H,34,36). The molecule has 1 amide bonds. The third-order valence-corrected chi connectivity index (χ3v) is 7.92. The van der Waals surface area contributed by atoms with Crippen molar-refractivity contribution in [3.63, 3.8) is 0 Å². The van der Waals surface area contributed by atoms with Crippen molar-refractivity contribution in [3.05, 3.63) is 47.7 Å². The van der Waals surface area contributed by atoms with Gasteiger partial charge < -0.3 is 19.9 Å². The first-order chi connectivity index (χ1) is 20.2. The maximum Gasteiger partial charge on any atom is 0.337 e. The van der Waals surface area contributed by atoms with Crippen LogP contribution in [0, 0.1) is 11.8 Å². The molecule has 0 bridgehead atoms. The van der Waals surface area contributed by atoms with Crippen molar-refractivity contribution >= 4 is 34.7 Å². The highest BCUT2D eigenvalue weighted by Crippen LogP contribution is 2.24. The van der Waals surface area contributed by atoms with E-state index in [2.05, 4.69) is 42.5 Å². The number of anilines is 2. The monoisotopic (exact) mass is 576 g/mol. The Kier molecular flexibility index (Phi) is 11.3. The van der Waals surface area contributed by atoms with Crippen LogP contribution in [-0.2, 0) is 11.3 Å². The number of pyridine rings is 1. The maximum atomic E-state index is 13.7. The topological polar surface area (TPSA) is 92.6 Å². The lowest BCUT2D eigenvalue weighted by molar-refractivity contribution is 0.0600. The fourth-order valence-corrected chi connectivity index (χ4v) is 5.31. The van der Waals surface area contributed by atoms with Crippen molar-refractivity contribution in [2.24, 2.45) is 11.8 Å². The molecule has 9 nitrogen and oxygen atoms in total. The van der Waals surface area contributed by atoms with Crippen LogP contribution in [0.1, 0.15) is 87.1 Å². The number of esters is 1.